The number of amides is 1. The third-order valence-corrected chi connectivity index (χ3v) is 5.68. The first-order valence-corrected chi connectivity index (χ1v) is 9.75. The van der Waals surface area contributed by atoms with Crippen LogP contribution in [0.2, 0.25) is 0 Å². The van der Waals surface area contributed by atoms with Gasteiger partial charge in [-0.3, -0.25) is 4.79 Å². The fourth-order valence-corrected chi connectivity index (χ4v) is 4.04. The summed E-state index contributed by atoms with van der Waals surface area (Å²) in [5, 5.41) is 15.5. The summed E-state index contributed by atoms with van der Waals surface area (Å²) >= 11 is 0. The molecule has 1 aliphatic heterocycles. The molecule has 6 nitrogen and oxygen atoms in total. The average Bonchev–Trinajstić information content (AvgIpc) is 3.25. The molecule has 2 atom stereocenters. The summed E-state index contributed by atoms with van der Waals surface area (Å²) in [6.45, 7) is 0.854. The second-order valence-electron chi connectivity index (χ2n) is 7.71. The van der Waals surface area contributed by atoms with Crippen LogP contribution >= 0.6 is 0 Å². The maximum Gasteiger partial charge on any atom is 0.276 e. The van der Waals surface area contributed by atoms with Crippen LogP contribution in [0.3, 0.4) is 0 Å². The lowest BCUT2D eigenvalue weighted by Gasteiger charge is -2.47. The highest BCUT2D eigenvalue weighted by atomic mass is 16.5. The van der Waals surface area contributed by atoms with Crippen LogP contribution in [0.1, 0.15) is 22.5 Å². The van der Waals surface area contributed by atoms with Crippen molar-refractivity contribution in [2.45, 2.75) is 18.1 Å². The van der Waals surface area contributed by atoms with Gasteiger partial charge in [0.2, 0.25) is 0 Å². The number of aliphatic hydroxyl groups is 1. The van der Waals surface area contributed by atoms with Crippen molar-refractivity contribution in [3.05, 3.63) is 78.0 Å². The topological polar surface area (TPSA) is 69.8 Å². The largest absolute Gasteiger partial charge is 0.383 e. The maximum absolute atomic E-state index is 13.1. The smallest absolute Gasteiger partial charge is 0.276 e. The molecule has 0 aliphatic carbocycles. The molecular formula is C23H25N3O3. The van der Waals surface area contributed by atoms with Gasteiger partial charge in [-0.1, -0.05) is 65.8 Å². The van der Waals surface area contributed by atoms with Gasteiger partial charge in [0.05, 0.1) is 6.04 Å². The van der Waals surface area contributed by atoms with Crippen LogP contribution in [0.25, 0.3) is 11.3 Å². The molecule has 0 saturated carbocycles. The molecule has 2 heterocycles. The van der Waals surface area contributed by atoms with Crippen LogP contribution in [0, 0.1) is 0 Å². The number of hydrogen-bond donors (Lipinski definition) is 1. The zero-order chi connectivity index (χ0) is 20.4. The van der Waals surface area contributed by atoms with E-state index in [0.717, 1.165) is 11.1 Å². The summed E-state index contributed by atoms with van der Waals surface area (Å²) in [6, 6.07) is 20.7. The predicted octanol–water partition coefficient (Wildman–Crippen LogP) is 3.01. The van der Waals surface area contributed by atoms with Crippen LogP contribution < -0.4 is 0 Å². The number of piperidine rings is 1. The highest BCUT2D eigenvalue weighted by molar-refractivity contribution is 5.93. The molecule has 1 aromatic heterocycles. The minimum absolute atomic E-state index is 0.183. The fourth-order valence-electron chi connectivity index (χ4n) is 4.04. The predicted molar refractivity (Wildman–Crippen MR) is 110 cm³/mol. The first-order valence-electron chi connectivity index (χ1n) is 9.75. The number of aromatic nitrogens is 1. The molecule has 2 aromatic carbocycles. The third kappa shape index (κ3) is 3.69. The van der Waals surface area contributed by atoms with E-state index in [1.54, 1.807) is 11.0 Å². The average molecular weight is 391 g/mol. The Kier molecular flexibility index (Phi) is 5.22. The van der Waals surface area contributed by atoms with Crippen molar-refractivity contribution in [3.63, 3.8) is 0 Å². The van der Waals surface area contributed by atoms with E-state index >= 15 is 0 Å². The summed E-state index contributed by atoms with van der Waals surface area (Å²) in [5.41, 5.74) is 1.02. The molecule has 0 spiro atoms. The number of likely N-dealkylation sites (N-methyl/N-ethyl adjacent to an activating group) is 1. The molecular weight excluding hydrogens is 366 g/mol. The standard InChI is InChI=1S/C23H25N3O3/c1-25(2)21-16-26(14-13-23(21,28)18-11-7-4-8-12-18)22(27)19-15-20(29-24-19)17-9-5-3-6-10-17/h3-12,15,21,28H,13-14,16H2,1-2H3/t21-,23+/m1/s1. The number of carbonyl (C=O) groups excluding carboxylic acids is 1. The Morgan fingerprint density at radius 2 is 1.79 bits per heavy atom. The van der Waals surface area contributed by atoms with E-state index in [1.165, 1.54) is 0 Å². The quantitative estimate of drug-likeness (QED) is 0.740. The lowest BCUT2D eigenvalue weighted by molar-refractivity contribution is -0.0811. The zero-order valence-corrected chi connectivity index (χ0v) is 16.7. The van der Waals surface area contributed by atoms with Gasteiger partial charge in [-0.2, -0.15) is 0 Å². The summed E-state index contributed by atoms with van der Waals surface area (Å²) in [4.78, 5) is 16.8. The van der Waals surface area contributed by atoms with Gasteiger partial charge in [-0.25, -0.2) is 0 Å². The molecule has 1 saturated heterocycles. The van der Waals surface area contributed by atoms with E-state index in [4.69, 9.17) is 4.52 Å². The number of rotatable bonds is 4. The summed E-state index contributed by atoms with van der Waals surface area (Å²) < 4.78 is 5.39. The van der Waals surface area contributed by atoms with E-state index in [1.807, 2.05) is 79.7 Å². The van der Waals surface area contributed by atoms with Gasteiger partial charge < -0.3 is 19.4 Å². The Bertz CT molecular complexity index is 971. The first kappa shape index (κ1) is 19.4. The van der Waals surface area contributed by atoms with Crippen LogP contribution in [0.15, 0.2) is 71.3 Å². The highest BCUT2D eigenvalue weighted by Gasteiger charge is 2.45. The van der Waals surface area contributed by atoms with Crippen molar-refractivity contribution in [2.24, 2.45) is 0 Å². The van der Waals surface area contributed by atoms with Gasteiger partial charge in [0.15, 0.2) is 11.5 Å². The second kappa shape index (κ2) is 7.81. The van der Waals surface area contributed by atoms with Crippen molar-refractivity contribution < 1.29 is 14.4 Å². The molecule has 150 valence electrons. The second-order valence-corrected chi connectivity index (χ2v) is 7.71. The number of likely N-dealkylation sites (tertiary alicyclic amines) is 1. The molecule has 4 rings (SSSR count). The third-order valence-electron chi connectivity index (χ3n) is 5.68. The molecule has 1 N–H and O–H groups in total. The van der Waals surface area contributed by atoms with Gasteiger partial charge in [-0.15, -0.1) is 0 Å². The lowest BCUT2D eigenvalue weighted by Crippen LogP contribution is -2.60. The van der Waals surface area contributed by atoms with Crippen LogP contribution in [-0.2, 0) is 5.60 Å². The van der Waals surface area contributed by atoms with Crippen molar-refractivity contribution in [3.8, 4) is 11.3 Å². The molecule has 0 radical (unpaired) electrons. The highest BCUT2D eigenvalue weighted by Crippen LogP contribution is 2.35. The number of hydrogen-bond acceptors (Lipinski definition) is 5. The molecule has 29 heavy (non-hydrogen) atoms. The van der Waals surface area contributed by atoms with Gasteiger partial charge in [0, 0.05) is 24.7 Å². The molecule has 0 bridgehead atoms. The molecule has 1 fully saturated rings. The molecule has 3 aromatic rings. The van der Waals surface area contributed by atoms with Crippen molar-refractivity contribution in [1.29, 1.82) is 0 Å². The summed E-state index contributed by atoms with van der Waals surface area (Å²) in [6.07, 6.45) is 0.453. The van der Waals surface area contributed by atoms with E-state index < -0.39 is 5.60 Å². The SMILES string of the molecule is CN(C)[C@@H]1CN(C(=O)c2cc(-c3ccccc3)on2)CC[C@]1(O)c1ccccc1. The lowest BCUT2D eigenvalue weighted by atomic mass is 9.79. The van der Waals surface area contributed by atoms with E-state index in [9.17, 15) is 9.90 Å². The molecule has 1 amide bonds. The number of carbonyl (C=O) groups is 1. The van der Waals surface area contributed by atoms with Gasteiger partial charge in [-0.05, 0) is 26.1 Å². The Morgan fingerprint density at radius 1 is 1.14 bits per heavy atom. The Hall–Kier alpha value is -2.96. The normalized spacial score (nSPS) is 22.1. The monoisotopic (exact) mass is 391 g/mol. The summed E-state index contributed by atoms with van der Waals surface area (Å²) in [7, 11) is 3.85. The van der Waals surface area contributed by atoms with Crippen molar-refractivity contribution in [2.75, 3.05) is 27.2 Å². The Balaban J connectivity index is 1.55. The number of nitrogens with zero attached hydrogens (tertiary/aromatic N) is 3. The molecule has 1 aliphatic rings. The molecule has 6 heteroatoms. The number of benzene rings is 2. The first-order chi connectivity index (χ1) is 14.0. The minimum Gasteiger partial charge on any atom is -0.383 e. The maximum atomic E-state index is 13.1. The Labute approximate surface area is 170 Å². The minimum atomic E-state index is -1.01. The summed E-state index contributed by atoms with van der Waals surface area (Å²) in [5.74, 6) is 0.383. The van der Waals surface area contributed by atoms with E-state index in [0.29, 0.717) is 25.3 Å². The van der Waals surface area contributed by atoms with E-state index in [-0.39, 0.29) is 17.6 Å². The Morgan fingerprint density at radius 3 is 2.45 bits per heavy atom. The van der Waals surface area contributed by atoms with Crippen molar-refractivity contribution in [1.82, 2.24) is 15.0 Å². The van der Waals surface area contributed by atoms with Gasteiger partial charge in [0.1, 0.15) is 5.60 Å². The van der Waals surface area contributed by atoms with E-state index in [2.05, 4.69) is 5.16 Å². The van der Waals surface area contributed by atoms with Gasteiger partial charge >= 0.3 is 0 Å². The van der Waals surface area contributed by atoms with Crippen LogP contribution in [-0.4, -0.2) is 59.2 Å². The zero-order valence-electron chi connectivity index (χ0n) is 16.7. The van der Waals surface area contributed by atoms with Gasteiger partial charge in [0.25, 0.3) is 5.91 Å². The van der Waals surface area contributed by atoms with Crippen LogP contribution in [0.5, 0.6) is 0 Å². The molecule has 0 unspecified atom stereocenters. The fraction of sp³-hybridized carbons (Fsp3) is 0.304. The van der Waals surface area contributed by atoms with Crippen molar-refractivity contribution >= 4 is 5.91 Å². The van der Waals surface area contributed by atoms with Crippen LogP contribution in [0.4, 0.5) is 0 Å².